The number of amides is 2. The number of hydrogen-bond donors (Lipinski definition) is 0. The number of carbonyl (C=O) groups is 2. The van der Waals surface area contributed by atoms with Crippen LogP contribution in [-0.2, 0) is 16.1 Å². The number of hydrogen-bond acceptors (Lipinski definition) is 3. The Labute approximate surface area is 149 Å². The highest BCUT2D eigenvalue weighted by Crippen LogP contribution is 2.40. The summed E-state index contributed by atoms with van der Waals surface area (Å²) in [5.41, 5.74) is 2.33. The predicted octanol–water partition coefficient (Wildman–Crippen LogP) is 2.78. The van der Waals surface area contributed by atoms with Crippen molar-refractivity contribution in [1.82, 2.24) is 14.8 Å². The van der Waals surface area contributed by atoms with Crippen molar-refractivity contribution in [1.29, 1.82) is 0 Å². The molecule has 1 spiro atoms. The molecule has 0 aliphatic carbocycles. The first-order valence-corrected chi connectivity index (χ1v) is 9.08. The monoisotopic (exact) mass is 341 g/mol. The average molecular weight is 341 g/mol. The molecule has 0 atom stereocenters. The van der Waals surface area contributed by atoms with Crippen LogP contribution >= 0.6 is 0 Å². The molecule has 0 radical (unpaired) electrons. The number of piperidine rings is 2. The zero-order chi connectivity index (χ0) is 17.9. The van der Waals surface area contributed by atoms with Crippen LogP contribution in [-0.4, -0.2) is 46.2 Å². The van der Waals surface area contributed by atoms with Crippen molar-refractivity contribution < 1.29 is 9.59 Å². The summed E-state index contributed by atoms with van der Waals surface area (Å²) in [6.45, 7) is 6.95. The second kappa shape index (κ2) is 7.38. The van der Waals surface area contributed by atoms with E-state index in [1.807, 2.05) is 35.8 Å². The van der Waals surface area contributed by atoms with Gasteiger partial charge in [-0.1, -0.05) is 5.57 Å². The maximum absolute atomic E-state index is 12.4. The first-order valence-electron chi connectivity index (χ1n) is 9.08. The molecule has 0 saturated carbocycles. The molecule has 2 fully saturated rings. The molecule has 2 saturated heterocycles. The molecule has 2 aliphatic rings. The van der Waals surface area contributed by atoms with Crippen molar-refractivity contribution in [2.45, 2.75) is 46.1 Å². The van der Waals surface area contributed by atoms with Crippen LogP contribution in [0.2, 0.25) is 0 Å². The van der Waals surface area contributed by atoms with Gasteiger partial charge in [0.15, 0.2) is 0 Å². The molecule has 0 N–H and O–H groups in total. The van der Waals surface area contributed by atoms with Crippen LogP contribution in [0.1, 0.15) is 45.1 Å². The molecule has 134 valence electrons. The fourth-order valence-electron chi connectivity index (χ4n) is 3.90. The van der Waals surface area contributed by atoms with Crippen LogP contribution in [0.15, 0.2) is 36.2 Å². The number of allylic oxidation sites excluding steroid dienone is 1. The van der Waals surface area contributed by atoms with E-state index >= 15 is 0 Å². The molecule has 1 aromatic heterocycles. The van der Waals surface area contributed by atoms with E-state index in [0.717, 1.165) is 50.0 Å². The topological polar surface area (TPSA) is 53.5 Å². The van der Waals surface area contributed by atoms with Gasteiger partial charge in [-0.3, -0.25) is 14.6 Å². The Kier molecular flexibility index (Phi) is 5.21. The van der Waals surface area contributed by atoms with Crippen molar-refractivity contribution >= 4 is 11.8 Å². The molecule has 2 amide bonds. The van der Waals surface area contributed by atoms with E-state index in [1.54, 1.807) is 18.5 Å². The predicted molar refractivity (Wildman–Crippen MR) is 96.6 cm³/mol. The van der Waals surface area contributed by atoms with E-state index in [9.17, 15) is 9.59 Å². The Balaban J connectivity index is 1.62. The molecule has 3 rings (SSSR count). The van der Waals surface area contributed by atoms with Crippen LogP contribution in [0.5, 0.6) is 0 Å². The van der Waals surface area contributed by atoms with Crippen LogP contribution in [0.25, 0.3) is 0 Å². The molecule has 1 aromatic rings. The molecular formula is C20H27N3O2. The molecule has 25 heavy (non-hydrogen) atoms. The summed E-state index contributed by atoms with van der Waals surface area (Å²) in [4.78, 5) is 32.6. The fraction of sp³-hybridized carbons (Fsp3) is 0.550. The Morgan fingerprint density at radius 3 is 2.52 bits per heavy atom. The highest BCUT2D eigenvalue weighted by molar-refractivity contribution is 5.88. The van der Waals surface area contributed by atoms with Crippen LogP contribution in [0.3, 0.4) is 0 Å². The number of nitrogens with zero attached hydrogens (tertiary/aromatic N) is 3. The van der Waals surface area contributed by atoms with Crippen molar-refractivity contribution in [2.24, 2.45) is 5.41 Å². The van der Waals surface area contributed by atoms with Gasteiger partial charge < -0.3 is 9.80 Å². The second-order valence-corrected chi connectivity index (χ2v) is 7.65. The van der Waals surface area contributed by atoms with E-state index in [2.05, 4.69) is 4.98 Å². The summed E-state index contributed by atoms with van der Waals surface area (Å²) < 4.78 is 0. The Morgan fingerprint density at radius 1 is 1.20 bits per heavy atom. The molecule has 3 heterocycles. The lowest BCUT2D eigenvalue weighted by atomic mass is 9.72. The fourth-order valence-corrected chi connectivity index (χ4v) is 3.90. The molecular weight excluding hydrogens is 314 g/mol. The normalized spacial score (nSPS) is 19.8. The number of pyridine rings is 1. The van der Waals surface area contributed by atoms with Crippen LogP contribution < -0.4 is 0 Å². The van der Waals surface area contributed by atoms with E-state index in [-0.39, 0.29) is 17.2 Å². The Hall–Kier alpha value is -2.17. The van der Waals surface area contributed by atoms with Gasteiger partial charge in [-0.2, -0.15) is 0 Å². The van der Waals surface area contributed by atoms with Crippen molar-refractivity contribution in [2.75, 3.05) is 19.6 Å². The lowest BCUT2D eigenvalue weighted by molar-refractivity contribution is -0.142. The van der Waals surface area contributed by atoms with Crippen molar-refractivity contribution in [3.63, 3.8) is 0 Å². The average Bonchev–Trinajstić information content (AvgIpc) is 2.59. The van der Waals surface area contributed by atoms with E-state index in [1.165, 1.54) is 0 Å². The molecule has 5 heteroatoms. The van der Waals surface area contributed by atoms with Crippen molar-refractivity contribution in [3.8, 4) is 0 Å². The van der Waals surface area contributed by atoms with Gasteiger partial charge in [0.25, 0.3) is 0 Å². The molecule has 0 bridgehead atoms. The zero-order valence-electron chi connectivity index (χ0n) is 15.2. The molecule has 0 unspecified atom stereocenters. The minimum absolute atomic E-state index is 0.121. The summed E-state index contributed by atoms with van der Waals surface area (Å²) >= 11 is 0. The first kappa shape index (κ1) is 17.6. The number of likely N-dealkylation sites (tertiary alicyclic amines) is 2. The van der Waals surface area contributed by atoms with Gasteiger partial charge in [-0.05, 0) is 56.2 Å². The van der Waals surface area contributed by atoms with Gasteiger partial charge in [0.1, 0.15) is 0 Å². The highest BCUT2D eigenvalue weighted by atomic mass is 16.2. The van der Waals surface area contributed by atoms with Gasteiger partial charge in [0.05, 0.1) is 0 Å². The smallest absolute Gasteiger partial charge is 0.246 e. The quantitative estimate of drug-likeness (QED) is 0.795. The number of carbonyl (C=O) groups excluding carboxylic acids is 2. The van der Waals surface area contributed by atoms with Crippen molar-refractivity contribution in [3.05, 3.63) is 41.7 Å². The van der Waals surface area contributed by atoms with Gasteiger partial charge in [-0.15, -0.1) is 0 Å². The van der Waals surface area contributed by atoms with Gasteiger partial charge in [0, 0.05) is 51.1 Å². The minimum atomic E-state index is 0.121. The largest absolute Gasteiger partial charge is 0.339 e. The second-order valence-electron chi connectivity index (χ2n) is 7.65. The standard InChI is InChI=1S/C20H27N3O2/c1-16(2)13-19(25)22-11-7-20(8-12-22)6-3-18(24)23(15-20)14-17-4-9-21-10-5-17/h4-5,9-10,13H,3,6-8,11-12,14-15H2,1-2H3. The minimum Gasteiger partial charge on any atom is -0.339 e. The summed E-state index contributed by atoms with van der Waals surface area (Å²) in [5.74, 6) is 0.362. The zero-order valence-corrected chi connectivity index (χ0v) is 15.2. The SMILES string of the molecule is CC(C)=CC(=O)N1CCC2(CCC(=O)N(Cc3ccncc3)C2)CC1. The summed E-state index contributed by atoms with van der Waals surface area (Å²) in [6.07, 6.45) is 8.79. The summed E-state index contributed by atoms with van der Waals surface area (Å²) in [6, 6.07) is 3.94. The van der Waals surface area contributed by atoms with Gasteiger partial charge in [0.2, 0.25) is 11.8 Å². The Bertz CT molecular complexity index is 657. The third kappa shape index (κ3) is 4.27. The van der Waals surface area contributed by atoms with Gasteiger partial charge in [-0.25, -0.2) is 0 Å². The molecule has 2 aliphatic heterocycles. The van der Waals surface area contributed by atoms with Crippen LogP contribution in [0, 0.1) is 5.41 Å². The maximum atomic E-state index is 12.4. The maximum Gasteiger partial charge on any atom is 0.246 e. The third-order valence-electron chi connectivity index (χ3n) is 5.42. The molecule has 0 aromatic carbocycles. The van der Waals surface area contributed by atoms with Gasteiger partial charge >= 0.3 is 0 Å². The lowest BCUT2D eigenvalue weighted by Gasteiger charge is -2.47. The highest BCUT2D eigenvalue weighted by Gasteiger charge is 2.41. The van der Waals surface area contributed by atoms with E-state index < -0.39 is 0 Å². The van der Waals surface area contributed by atoms with Crippen LogP contribution in [0.4, 0.5) is 0 Å². The number of aromatic nitrogens is 1. The third-order valence-corrected chi connectivity index (χ3v) is 5.42. The number of rotatable bonds is 3. The van der Waals surface area contributed by atoms with E-state index in [4.69, 9.17) is 0 Å². The molecule has 5 nitrogen and oxygen atoms in total. The summed E-state index contributed by atoms with van der Waals surface area (Å²) in [5, 5.41) is 0. The van der Waals surface area contributed by atoms with E-state index in [0.29, 0.717) is 13.0 Å². The lowest BCUT2D eigenvalue weighted by Crippen LogP contribution is -2.51. The first-order chi connectivity index (χ1) is 12.0. The Morgan fingerprint density at radius 2 is 1.88 bits per heavy atom. The summed E-state index contributed by atoms with van der Waals surface area (Å²) in [7, 11) is 0.